The summed E-state index contributed by atoms with van der Waals surface area (Å²) in [4.78, 5) is 29.9. The van der Waals surface area contributed by atoms with Crippen molar-refractivity contribution in [3.05, 3.63) is 30.1 Å². The molecule has 3 heterocycles. The lowest BCUT2D eigenvalue weighted by atomic mass is 9.93. The van der Waals surface area contributed by atoms with Crippen LogP contribution in [0.1, 0.15) is 10.4 Å². The Morgan fingerprint density at radius 1 is 1.39 bits per heavy atom. The second kappa shape index (κ2) is 7.31. The van der Waals surface area contributed by atoms with Gasteiger partial charge in [-0.05, 0) is 18.4 Å². The van der Waals surface area contributed by atoms with E-state index in [-0.39, 0.29) is 23.8 Å². The van der Waals surface area contributed by atoms with Gasteiger partial charge in [-0.2, -0.15) is 11.8 Å². The van der Waals surface area contributed by atoms with E-state index in [0.29, 0.717) is 36.9 Å². The van der Waals surface area contributed by atoms with Gasteiger partial charge in [0.1, 0.15) is 0 Å². The van der Waals surface area contributed by atoms with Crippen molar-refractivity contribution in [2.45, 2.75) is 6.10 Å². The summed E-state index contributed by atoms with van der Waals surface area (Å²) in [6, 6.07) is 3.39. The minimum atomic E-state index is -0.0934. The fourth-order valence-electron chi connectivity index (χ4n) is 3.26. The van der Waals surface area contributed by atoms with Gasteiger partial charge in [0, 0.05) is 49.4 Å². The van der Waals surface area contributed by atoms with Gasteiger partial charge >= 0.3 is 0 Å². The number of hydrogen-bond donors (Lipinski definition) is 1. The number of thioether (sulfide) groups is 1. The second-order valence-corrected chi connectivity index (χ2v) is 6.84. The Morgan fingerprint density at radius 3 is 2.91 bits per heavy atom. The van der Waals surface area contributed by atoms with Crippen LogP contribution in [0.4, 0.5) is 0 Å². The molecule has 0 aromatic carbocycles. The van der Waals surface area contributed by atoms with Crippen molar-refractivity contribution in [3.63, 3.8) is 0 Å². The van der Waals surface area contributed by atoms with E-state index >= 15 is 0 Å². The van der Waals surface area contributed by atoms with Crippen LogP contribution in [0.2, 0.25) is 0 Å². The van der Waals surface area contributed by atoms with E-state index in [9.17, 15) is 9.59 Å². The molecule has 3 atom stereocenters. The first-order valence-corrected chi connectivity index (χ1v) is 9.15. The fraction of sp³-hybridized carbons (Fsp3) is 0.562. The molecule has 6 nitrogen and oxygen atoms in total. The van der Waals surface area contributed by atoms with Crippen molar-refractivity contribution in [3.8, 4) is 0 Å². The van der Waals surface area contributed by atoms with Crippen LogP contribution in [-0.4, -0.2) is 66.1 Å². The predicted octanol–water partition coefficient (Wildman–Crippen LogP) is 0.648. The summed E-state index contributed by atoms with van der Waals surface area (Å²) in [5.74, 6) is 1.18. The minimum absolute atomic E-state index is 0.0934. The molecule has 1 N–H and O–H groups in total. The molecule has 2 aliphatic rings. The van der Waals surface area contributed by atoms with E-state index < -0.39 is 0 Å². The number of pyridine rings is 1. The standard InChI is InChI=1S/C16H21N3O3S/c1-23-10-15(20)19-7-13-12(9-22-14(13)8-19)6-18-16(21)11-2-4-17-5-3-11/h2-5,12-14H,6-10H2,1H3,(H,18,21)/t12-,13-,14-/m1/s1. The van der Waals surface area contributed by atoms with Crippen molar-refractivity contribution in [1.82, 2.24) is 15.2 Å². The summed E-state index contributed by atoms with van der Waals surface area (Å²) < 4.78 is 5.82. The minimum Gasteiger partial charge on any atom is -0.376 e. The Balaban J connectivity index is 1.52. The highest BCUT2D eigenvalue weighted by Gasteiger charge is 2.44. The molecule has 2 aliphatic heterocycles. The van der Waals surface area contributed by atoms with E-state index in [0.717, 1.165) is 6.54 Å². The van der Waals surface area contributed by atoms with Crippen LogP contribution >= 0.6 is 11.8 Å². The molecule has 1 aromatic rings. The highest BCUT2D eigenvalue weighted by atomic mass is 32.2. The van der Waals surface area contributed by atoms with Crippen molar-refractivity contribution < 1.29 is 14.3 Å². The van der Waals surface area contributed by atoms with Crippen molar-refractivity contribution in [2.75, 3.05) is 38.2 Å². The van der Waals surface area contributed by atoms with E-state index in [1.807, 2.05) is 11.2 Å². The van der Waals surface area contributed by atoms with E-state index in [1.54, 1.807) is 36.3 Å². The molecular formula is C16H21N3O3S. The number of rotatable bonds is 5. The molecule has 3 rings (SSSR count). The van der Waals surface area contributed by atoms with E-state index in [1.165, 1.54) is 0 Å². The number of carbonyl (C=O) groups is 2. The molecule has 0 bridgehead atoms. The SMILES string of the molecule is CSCC(=O)N1C[C@@H]2[C@H](CNC(=O)c3ccncc3)CO[C@@H]2C1. The number of amides is 2. The molecule has 2 saturated heterocycles. The third kappa shape index (κ3) is 3.67. The highest BCUT2D eigenvalue weighted by molar-refractivity contribution is 7.99. The smallest absolute Gasteiger partial charge is 0.251 e. The third-order valence-electron chi connectivity index (χ3n) is 4.53. The number of ether oxygens (including phenoxy) is 1. The third-order valence-corrected chi connectivity index (χ3v) is 5.06. The molecule has 2 fully saturated rings. The zero-order chi connectivity index (χ0) is 16.2. The zero-order valence-corrected chi connectivity index (χ0v) is 13.9. The van der Waals surface area contributed by atoms with Crippen LogP contribution < -0.4 is 5.32 Å². The lowest BCUT2D eigenvalue weighted by Gasteiger charge is -2.20. The summed E-state index contributed by atoms with van der Waals surface area (Å²) >= 11 is 1.54. The molecule has 0 radical (unpaired) electrons. The highest BCUT2D eigenvalue weighted by Crippen LogP contribution is 2.33. The lowest BCUT2D eigenvalue weighted by molar-refractivity contribution is -0.128. The van der Waals surface area contributed by atoms with E-state index in [4.69, 9.17) is 4.74 Å². The van der Waals surface area contributed by atoms with Crippen LogP contribution in [0, 0.1) is 11.8 Å². The number of hydrogen-bond acceptors (Lipinski definition) is 5. The van der Waals surface area contributed by atoms with Crippen LogP contribution in [0.25, 0.3) is 0 Å². The summed E-state index contributed by atoms with van der Waals surface area (Å²) in [5.41, 5.74) is 0.610. The molecular weight excluding hydrogens is 314 g/mol. The molecule has 124 valence electrons. The van der Waals surface area contributed by atoms with Crippen LogP contribution in [0.15, 0.2) is 24.5 Å². The fourth-order valence-corrected chi connectivity index (χ4v) is 3.69. The summed E-state index contributed by atoms with van der Waals surface area (Å²) in [5, 5.41) is 2.97. The Morgan fingerprint density at radius 2 is 2.17 bits per heavy atom. The topological polar surface area (TPSA) is 71.5 Å². The Labute approximate surface area is 140 Å². The number of aromatic nitrogens is 1. The van der Waals surface area contributed by atoms with Crippen LogP contribution in [-0.2, 0) is 9.53 Å². The maximum Gasteiger partial charge on any atom is 0.251 e. The second-order valence-electron chi connectivity index (χ2n) is 5.97. The molecule has 23 heavy (non-hydrogen) atoms. The van der Waals surface area contributed by atoms with Crippen molar-refractivity contribution in [2.24, 2.45) is 11.8 Å². The van der Waals surface area contributed by atoms with E-state index in [2.05, 4.69) is 10.3 Å². The average Bonchev–Trinajstić information content (AvgIpc) is 3.14. The van der Waals surface area contributed by atoms with Crippen LogP contribution in [0.5, 0.6) is 0 Å². The number of carbonyl (C=O) groups excluding carboxylic acids is 2. The first-order chi connectivity index (χ1) is 11.2. The van der Waals surface area contributed by atoms with Gasteiger partial charge in [-0.25, -0.2) is 0 Å². The quantitative estimate of drug-likeness (QED) is 0.855. The average molecular weight is 335 g/mol. The van der Waals surface area contributed by atoms with Gasteiger partial charge in [0.2, 0.25) is 5.91 Å². The Kier molecular flexibility index (Phi) is 5.17. The summed E-state index contributed by atoms with van der Waals surface area (Å²) in [6.07, 6.45) is 5.26. The molecule has 0 unspecified atom stereocenters. The molecule has 2 amide bonds. The van der Waals surface area contributed by atoms with Crippen molar-refractivity contribution >= 4 is 23.6 Å². The largest absolute Gasteiger partial charge is 0.376 e. The number of fused-ring (bicyclic) bond motifs is 1. The van der Waals surface area contributed by atoms with Gasteiger partial charge in [0.05, 0.1) is 18.5 Å². The monoisotopic (exact) mass is 335 g/mol. The molecule has 0 spiro atoms. The summed E-state index contributed by atoms with van der Waals surface area (Å²) in [6.45, 7) is 2.64. The molecule has 7 heteroatoms. The Hall–Kier alpha value is -1.60. The maximum atomic E-state index is 12.1. The molecule has 1 aromatic heterocycles. The first-order valence-electron chi connectivity index (χ1n) is 7.75. The normalized spacial score (nSPS) is 26.1. The lowest BCUT2D eigenvalue weighted by Crippen LogP contribution is -2.35. The number of likely N-dealkylation sites (tertiary alicyclic amines) is 1. The number of nitrogens with zero attached hydrogens (tertiary/aromatic N) is 2. The molecule has 0 aliphatic carbocycles. The van der Waals surface area contributed by atoms with Gasteiger partial charge in [0.25, 0.3) is 5.91 Å². The van der Waals surface area contributed by atoms with Crippen LogP contribution in [0.3, 0.4) is 0 Å². The van der Waals surface area contributed by atoms with Gasteiger partial charge in [0.15, 0.2) is 0 Å². The Bertz CT molecular complexity index is 569. The van der Waals surface area contributed by atoms with Gasteiger partial charge in [-0.3, -0.25) is 14.6 Å². The predicted molar refractivity (Wildman–Crippen MR) is 88.3 cm³/mol. The number of nitrogens with one attached hydrogen (secondary N) is 1. The summed E-state index contributed by atoms with van der Waals surface area (Å²) in [7, 11) is 0. The van der Waals surface area contributed by atoms with Gasteiger partial charge in [-0.15, -0.1) is 0 Å². The zero-order valence-electron chi connectivity index (χ0n) is 13.1. The maximum absolute atomic E-state index is 12.1. The van der Waals surface area contributed by atoms with Gasteiger partial charge < -0.3 is 15.0 Å². The molecule has 0 saturated carbocycles. The van der Waals surface area contributed by atoms with Gasteiger partial charge in [-0.1, -0.05) is 0 Å². The van der Waals surface area contributed by atoms with Crippen molar-refractivity contribution in [1.29, 1.82) is 0 Å². The first kappa shape index (κ1) is 16.3.